The third kappa shape index (κ3) is 3.20. The van der Waals surface area contributed by atoms with E-state index in [1.165, 1.54) is 24.3 Å². The average molecular weight is 345 g/mol. The fourth-order valence-corrected chi connectivity index (χ4v) is 2.76. The molecule has 0 unspecified atom stereocenters. The molecule has 1 N–H and O–H groups in total. The van der Waals surface area contributed by atoms with E-state index >= 15 is 0 Å². The second-order valence-electron chi connectivity index (χ2n) is 5.61. The molecular weight excluding hydrogens is 331 g/mol. The van der Waals surface area contributed by atoms with Crippen LogP contribution in [0, 0.1) is 0 Å². The fourth-order valence-electron chi connectivity index (χ4n) is 2.76. The van der Waals surface area contributed by atoms with E-state index in [9.17, 15) is 23.1 Å². The van der Waals surface area contributed by atoms with E-state index in [1.807, 2.05) is 6.92 Å². The predicted molar refractivity (Wildman–Crippen MR) is 88.5 cm³/mol. The molecule has 0 spiro atoms. The zero-order chi connectivity index (χ0) is 18.2. The molecule has 6 heteroatoms. The van der Waals surface area contributed by atoms with E-state index in [1.54, 1.807) is 18.2 Å². The maximum absolute atomic E-state index is 13.3. The van der Waals surface area contributed by atoms with Gasteiger partial charge in [0.25, 0.3) is 0 Å². The SMILES string of the molecule is CCc1ccc2nc(-c3ccccc3C(F)(F)F)cc(C(=O)O)c2c1. The smallest absolute Gasteiger partial charge is 0.417 e. The first-order chi connectivity index (χ1) is 11.8. The molecule has 3 aromatic rings. The van der Waals surface area contributed by atoms with Crippen LogP contribution in [0.3, 0.4) is 0 Å². The van der Waals surface area contributed by atoms with Gasteiger partial charge in [-0.25, -0.2) is 9.78 Å². The lowest BCUT2D eigenvalue weighted by atomic mass is 9.99. The molecule has 3 nitrogen and oxygen atoms in total. The number of rotatable bonds is 3. The lowest BCUT2D eigenvalue weighted by Gasteiger charge is -2.14. The predicted octanol–water partition coefficient (Wildman–Crippen LogP) is 5.18. The normalized spacial score (nSPS) is 11.7. The van der Waals surface area contributed by atoms with Gasteiger partial charge in [-0.3, -0.25) is 0 Å². The van der Waals surface area contributed by atoms with Crippen LogP contribution in [-0.2, 0) is 12.6 Å². The Hall–Kier alpha value is -2.89. The standard InChI is InChI=1S/C19H14F3NO2/c1-2-11-7-8-16-13(9-11)14(18(24)25)10-17(23-16)12-5-3-4-6-15(12)19(20,21)22/h3-10H,2H2,1H3,(H,24,25). The van der Waals surface area contributed by atoms with Crippen LogP contribution in [0.4, 0.5) is 13.2 Å². The highest BCUT2D eigenvalue weighted by molar-refractivity contribution is 6.04. The van der Waals surface area contributed by atoms with Crippen molar-refractivity contribution in [1.29, 1.82) is 0 Å². The van der Waals surface area contributed by atoms with Gasteiger partial charge in [-0.15, -0.1) is 0 Å². The van der Waals surface area contributed by atoms with Crippen LogP contribution in [-0.4, -0.2) is 16.1 Å². The Bertz CT molecular complexity index is 965. The highest BCUT2D eigenvalue weighted by Crippen LogP contribution is 2.37. The van der Waals surface area contributed by atoms with E-state index in [0.717, 1.165) is 11.6 Å². The fraction of sp³-hybridized carbons (Fsp3) is 0.158. The average Bonchev–Trinajstić information content (AvgIpc) is 2.59. The number of alkyl halides is 3. The van der Waals surface area contributed by atoms with Gasteiger partial charge in [-0.05, 0) is 36.2 Å². The zero-order valence-electron chi connectivity index (χ0n) is 13.3. The Balaban J connectivity index is 2.31. The molecule has 0 saturated heterocycles. The number of halogens is 3. The zero-order valence-corrected chi connectivity index (χ0v) is 13.3. The Morgan fingerprint density at radius 2 is 1.84 bits per heavy atom. The van der Waals surface area contributed by atoms with Crippen molar-refractivity contribution >= 4 is 16.9 Å². The molecule has 0 aliphatic carbocycles. The first-order valence-corrected chi connectivity index (χ1v) is 7.65. The number of pyridine rings is 1. The van der Waals surface area contributed by atoms with Gasteiger partial charge in [0.05, 0.1) is 22.3 Å². The molecule has 0 fully saturated rings. The van der Waals surface area contributed by atoms with Crippen LogP contribution in [0.15, 0.2) is 48.5 Å². The number of aryl methyl sites for hydroxylation is 1. The number of benzene rings is 2. The molecule has 0 radical (unpaired) electrons. The number of carboxylic acid groups (broad SMARTS) is 1. The number of hydrogen-bond donors (Lipinski definition) is 1. The van der Waals surface area contributed by atoms with Gasteiger partial charge in [0.1, 0.15) is 0 Å². The van der Waals surface area contributed by atoms with Crippen LogP contribution in [0.2, 0.25) is 0 Å². The van der Waals surface area contributed by atoms with Gasteiger partial charge in [-0.1, -0.05) is 31.2 Å². The summed E-state index contributed by atoms with van der Waals surface area (Å²) in [5.41, 5.74) is 0.223. The second-order valence-corrected chi connectivity index (χ2v) is 5.61. The summed E-state index contributed by atoms with van der Waals surface area (Å²) in [5.74, 6) is -1.20. The van der Waals surface area contributed by atoms with Crippen molar-refractivity contribution in [3.8, 4) is 11.3 Å². The van der Waals surface area contributed by atoms with Crippen LogP contribution >= 0.6 is 0 Å². The summed E-state index contributed by atoms with van der Waals surface area (Å²) in [5, 5.41) is 9.91. The van der Waals surface area contributed by atoms with Gasteiger partial charge in [0.2, 0.25) is 0 Å². The Labute approximate surface area is 141 Å². The van der Waals surface area contributed by atoms with Crippen molar-refractivity contribution < 1.29 is 23.1 Å². The molecular formula is C19H14F3NO2. The molecule has 0 amide bonds. The van der Waals surface area contributed by atoms with E-state index in [-0.39, 0.29) is 16.8 Å². The summed E-state index contributed by atoms with van der Waals surface area (Å²) in [6, 6.07) is 11.4. The van der Waals surface area contributed by atoms with Crippen molar-refractivity contribution in [3.05, 3.63) is 65.2 Å². The van der Waals surface area contributed by atoms with E-state index in [4.69, 9.17) is 0 Å². The number of nitrogens with zero attached hydrogens (tertiary/aromatic N) is 1. The minimum absolute atomic E-state index is 0.0120. The van der Waals surface area contributed by atoms with Crippen LogP contribution in [0.25, 0.3) is 22.2 Å². The maximum atomic E-state index is 13.3. The van der Waals surface area contributed by atoms with Crippen molar-refractivity contribution in [2.75, 3.05) is 0 Å². The first kappa shape index (κ1) is 17.0. The van der Waals surface area contributed by atoms with E-state index in [0.29, 0.717) is 17.3 Å². The summed E-state index contributed by atoms with van der Waals surface area (Å²) < 4.78 is 39.8. The Kier molecular flexibility index (Phi) is 4.20. The van der Waals surface area contributed by atoms with Crippen molar-refractivity contribution in [2.24, 2.45) is 0 Å². The molecule has 1 aromatic heterocycles. The number of aromatic nitrogens is 1. The van der Waals surface area contributed by atoms with E-state index in [2.05, 4.69) is 4.98 Å². The molecule has 1 heterocycles. The van der Waals surface area contributed by atoms with Gasteiger partial charge < -0.3 is 5.11 Å². The number of carboxylic acids is 1. The third-order valence-corrected chi connectivity index (χ3v) is 4.02. The van der Waals surface area contributed by atoms with Gasteiger partial charge in [-0.2, -0.15) is 13.2 Å². The molecule has 0 aliphatic rings. The first-order valence-electron chi connectivity index (χ1n) is 7.65. The minimum Gasteiger partial charge on any atom is -0.478 e. The highest BCUT2D eigenvalue weighted by atomic mass is 19.4. The molecule has 128 valence electrons. The molecule has 0 bridgehead atoms. The highest BCUT2D eigenvalue weighted by Gasteiger charge is 2.33. The number of aromatic carboxylic acids is 1. The lowest BCUT2D eigenvalue weighted by molar-refractivity contribution is -0.137. The van der Waals surface area contributed by atoms with Crippen molar-refractivity contribution in [1.82, 2.24) is 4.98 Å². The minimum atomic E-state index is -4.55. The second kappa shape index (κ2) is 6.20. The largest absolute Gasteiger partial charge is 0.478 e. The van der Waals surface area contributed by atoms with Gasteiger partial charge >= 0.3 is 12.1 Å². The van der Waals surface area contributed by atoms with E-state index < -0.39 is 17.7 Å². The molecule has 2 aromatic carbocycles. The number of carbonyl (C=O) groups is 1. The van der Waals surface area contributed by atoms with Crippen LogP contribution in [0.5, 0.6) is 0 Å². The number of hydrogen-bond acceptors (Lipinski definition) is 2. The van der Waals surface area contributed by atoms with Crippen LogP contribution < -0.4 is 0 Å². The topological polar surface area (TPSA) is 50.2 Å². The molecule has 0 aliphatic heterocycles. The van der Waals surface area contributed by atoms with Crippen molar-refractivity contribution in [3.63, 3.8) is 0 Å². The third-order valence-electron chi connectivity index (χ3n) is 4.02. The Morgan fingerprint density at radius 3 is 2.48 bits per heavy atom. The summed E-state index contributed by atoms with van der Waals surface area (Å²) >= 11 is 0. The summed E-state index contributed by atoms with van der Waals surface area (Å²) in [4.78, 5) is 15.9. The quantitative estimate of drug-likeness (QED) is 0.711. The molecule has 25 heavy (non-hydrogen) atoms. The monoisotopic (exact) mass is 345 g/mol. The van der Waals surface area contributed by atoms with Gasteiger partial charge in [0.15, 0.2) is 0 Å². The maximum Gasteiger partial charge on any atom is 0.417 e. The van der Waals surface area contributed by atoms with Crippen molar-refractivity contribution in [2.45, 2.75) is 19.5 Å². The molecule has 0 atom stereocenters. The molecule has 3 rings (SSSR count). The number of fused-ring (bicyclic) bond motifs is 1. The summed E-state index contributed by atoms with van der Waals surface area (Å²) in [7, 11) is 0. The van der Waals surface area contributed by atoms with Gasteiger partial charge in [0, 0.05) is 10.9 Å². The summed E-state index contributed by atoms with van der Waals surface area (Å²) in [6.07, 6.45) is -3.84. The summed E-state index contributed by atoms with van der Waals surface area (Å²) in [6.45, 7) is 1.93. The van der Waals surface area contributed by atoms with Crippen LogP contribution in [0.1, 0.15) is 28.4 Å². The lowest BCUT2D eigenvalue weighted by Crippen LogP contribution is -2.08. The molecule has 0 saturated carbocycles. The Morgan fingerprint density at radius 1 is 1.12 bits per heavy atom.